The Morgan fingerprint density at radius 3 is 2.53 bits per heavy atom. The molecule has 0 aromatic rings. The Kier molecular flexibility index (Phi) is 5.23. The van der Waals surface area contributed by atoms with E-state index in [1.165, 1.54) is 32.6 Å². The predicted octanol–water partition coefficient (Wildman–Crippen LogP) is 1.03. The van der Waals surface area contributed by atoms with Crippen molar-refractivity contribution in [3.63, 3.8) is 0 Å². The highest BCUT2D eigenvalue weighted by molar-refractivity contribution is 4.88. The smallest absolute Gasteiger partial charge is 0.0509 e. The normalized spacial score (nSPS) is 28.7. The molecule has 0 amide bonds. The van der Waals surface area contributed by atoms with Crippen molar-refractivity contribution in [3.05, 3.63) is 0 Å². The Hall–Kier alpha value is -0.160. The number of rotatable bonds is 5. The molecule has 19 heavy (non-hydrogen) atoms. The van der Waals surface area contributed by atoms with Crippen LogP contribution in [-0.2, 0) is 4.74 Å². The van der Waals surface area contributed by atoms with Gasteiger partial charge >= 0.3 is 0 Å². The lowest BCUT2D eigenvalue weighted by atomic mass is 9.97. The monoisotopic (exact) mass is 269 g/mol. The van der Waals surface area contributed by atoms with E-state index in [-0.39, 0.29) is 5.54 Å². The van der Waals surface area contributed by atoms with Crippen LogP contribution in [0.2, 0.25) is 0 Å². The number of piperazine rings is 1. The van der Waals surface area contributed by atoms with Crippen LogP contribution in [0.15, 0.2) is 0 Å². The highest BCUT2D eigenvalue weighted by Gasteiger charge is 2.30. The molecule has 112 valence electrons. The Balaban J connectivity index is 1.76. The SMILES string of the molecule is CC(NCC(C)(C)N1CCN(C)CC1)C1CCOC1. The van der Waals surface area contributed by atoms with Crippen LogP contribution in [0.4, 0.5) is 0 Å². The van der Waals surface area contributed by atoms with Crippen molar-refractivity contribution in [2.75, 3.05) is 53.0 Å². The van der Waals surface area contributed by atoms with Crippen molar-refractivity contribution in [2.24, 2.45) is 5.92 Å². The van der Waals surface area contributed by atoms with Gasteiger partial charge in [0.1, 0.15) is 0 Å². The predicted molar refractivity (Wildman–Crippen MR) is 79.5 cm³/mol. The molecular formula is C15H31N3O. The second kappa shape index (κ2) is 6.53. The van der Waals surface area contributed by atoms with Crippen molar-refractivity contribution >= 4 is 0 Å². The maximum atomic E-state index is 5.48. The zero-order valence-corrected chi connectivity index (χ0v) is 13.1. The van der Waals surface area contributed by atoms with Crippen LogP contribution in [0.3, 0.4) is 0 Å². The van der Waals surface area contributed by atoms with Crippen LogP contribution in [0.25, 0.3) is 0 Å². The van der Waals surface area contributed by atoms with Gasteiger partial charge in [0, 0.05) is 50.9 Å². The van der Waals surface area contributed by atoms with E-state index in [1.54, 1.807) is 0 Å². The number of hydrogen-bond acceptors (Lipinski definition) is 4. The van der Waals surface area contributed by atoms with Gasteiger partial charge in [0.25, 0.3) is 0 Å². The first-order valence-corrected chi connectivity index (χ1v) is 7.74. The highest BCUT2D eigenvalue weighted by Crippen LogP contribution is 2.19. The molecule has 2 atom stereocenters. The van der Waals surface area contributed by atoms with E-state index in [0.717, 1.165) is 19.8 Å². The molecule has 2 fully saturated rings. The molecular weight excluding hydrogens is 238 g/mol. The summed E-state index contributed by atoms with van der Waals surface area (Å²) in [6, 6.07) is 0.564. The van der Waals surface area contributed by atoms with Gasteiger partial charge in [-0.2, -0.15) is 0 Å². The maximum absolute atomic E-state index is 5.48. The minimum absolute atomic E-state index is 0.245. The van der Waals surface area contributed by atoms with E-state index in [1.807, 2.05) is 0 Å². The fraction of sp³-hybridized carbons (Fsp3) is 1.00. The third-order valence-electron chi connectivity index (χ3n) is 4.89. The molecule has 0 aromatic heterocycles. The summed E-state index contributed by atoms with van der Waals surface area (Å²) in [5.74, 6) is 0.697. The molecule has 0 aliphatic carbocycles. The zero-order chi connectivity index (χ0) is 13.9. The summed E-state index contributed by atoms with van der Waals surface area (Å²) in [7, 11) is 2.21. The van der Waals surface area contributed by atoms with Gasteiger partial charge in [0.2, 0.25) is 0 Å². The second-order valence-electron chi connectivity index (χ2n) is 6.90. The Bertz CT molecular complexity index is 269. The summed E-state index contributed by atoms with van der Waals surface area (Å²) in [6.45, 7) is 14.7. The van der Waals surface area contributed by atoms with Crippen molar-refractivity contribution < 1.29 is 4.74 Å². The third kappa shape index (κ3) is 4.15. The number of ether oxygens (including phenoxy) is 1. The molecule has 0 spiro atoms. The van der Waals surface area contributed by atoms with Crippen molar-refractivity contribution in [3.8, 4) is 0 Å². The molecule has 0 bridgehead atoms. The van der Waals surface area contributed by atoms with Gasteiger partial charge in [-0.3, -0.25) is 4.90 Å². The van der Waals surface area contributed by atoms with E-state index < -0.39 is 0 Å². The summed E-state index contributed by atoms with van der Waals surface area (Å²) >= 11 is 0. The molecule has 4 nitrogen and oxygen atoms in total. The van der Waals surface area contributed by atoms with Gasteiger partial charge in [-0.15, -0.1) is 0 Å². The van der Waals surface area contributed by atoms with Gasteiger partial charge in [0.05, 0.1) is 6.61 Å². The van der Waals surface area contributed by atoms with E-state index >= 15 is 0 Å². The molecule has 0 radical (unpaired) electrons. The lowest BCUT2D eigenvalue weighted by Crippen LogP contribution is -2.58. The largest absolute Gasteiger partial charge is 0.381 e. The van der Waals surface area contributed by atoms with Crippen LogP contribution in [0.5, 0.6) is 0 Å². The van der Waals surface area contributed by atoms with Crippen LogP contribution in [0.1, 0.15) is 27.2 Å². The number of nitrogens with zero attached hydrogens (tertiary/aromatic N) is 2. The summed E-state index contributed by atoms with van der Waals surface area (Å²) in [6.07, 6.45) is 1.21. The first kappa shape index (κ1) is 15.2. The Labute approximate surface area is 118 Å². The lowest BCUT2D eigenvalue weighted by molar-refractivity contribution is 0.0587. The fourth-order valence-corrected chi connectivity index (χ4v) is 3.05. The average Bonchev–Trinajstić information content (AvgIpc) is 2.90. The summed E-state index contributed by atoms with van der Waals surface area (Å²) < 4.78 is 5.48. The van der Waals surface area contributed by atoms with Crippen molar-refractivity contribution in [2.45, 2.75) is 38.8 Å². The minimum Gasteiger partial charge on any atom is -0.381 e. The van der Waals surface area contributed by atoms with Gasteiger partial charge in [0.15, 0.2) is 0 Å². The van der Waals surface area contributed by atoms with Gasteiger partial charge in [-0.25, -0.2) is 0 Å². The molecule has 2 saturated heterocycles. The molecule has 1 N–H and O–H groups in total. The first-order valence-electron chi connectivity index (χ1n) is 7.74. The maximum Gasteiger partial charge on any atom is 0.0509 e. The summed E-state index contributed by atoms with van der Waals surface area (Å²) in [5, 5.41) is 3.74. The Morgan fingerprint density at radius 2 is 1.95 bits per heavy atom. The van der Waals surface area contributed by atoms with Crippen molar-refractivity contribution in [1.29, 1.82) is 0 Å². The Morgan fingerprint density at radius 1 is 1.26 bits per heavy atom. The zero-order valence-electron chi connectivity index (χ0n) is 13.1. The molecule has 0 aromatic carbocycles. The van der Waals surface area contributed by atoms with Crippen LogP contribution < -0.4 is 5.32 Å². The van der Waals surface area contributed by atoms with E-state index in [2.05, 4.69) is 42.9 Å². The summed E-state index contributed by atoms with van der Waals surface area (Å²) in [5.41, 5.74) is 0.245. The molecule has 2 unspecified atom stereocenters. The van der Waals surface area contributed by atoms with Crippen LogP contribution in [-0.4, -0.2) is 74.4 Å². The molecule has 2 rings (SSSR count). The van der Waals surface area contributed by atoms with Crippen LogP contribution in [0, 0.1) is 5.92 Å². The fourth-order valence-electron chi connectivity index (χ4n) is 3.05. The van der Waals surface area contributed by atoms with Gasteiger partial charge in [-0.1, -0.05) is 0 Å². The highest BCUT2D eigenvalue weighted by atomic mass is 16.5. The standard InChI is InChI=1S/C15H31N3O/c1-13(14-5-10-19-11-14)16-12-15(2,3)18-8-6-17(4)7-9-18/h13-14,16H,5-12H2,1-4H3. The van der Waals surface area contributed by atoms with Crippen molar-refractivity contribution in [1.82, 2.24) is 15.1 Å². The molecule has 2 aliphatic rings. The van der Waals surface area contributed by atoms with Crippen LogP contribution >= 0.6 is 0 Å². The molecule has 4 heteroatoms. The molecule has 0 saturated carbocycles. The third-order valence-corrected chi connectivity index (χ3v) is 4.89. The summed E-state index contributed by atoms with van der Waals surface area (Å²) in [4.78, 5) is 5.04. The number of nitrogens with one attached hydrogen (secondary N) is 1. The number of hydrogen-bond donors (Lipinski definition) is 1. The van der Waals surface area contributed by atoms with E-state index in [9.17, 15) is 0 Å². The minimum atomic E-state index is 0.245. The van der Waals surface area contributed by atoms with E-state index in [0.29, 0.717) is 12.0 Å². The molecule has 2 heterocycles. The lowest BCUT2D eigenvalue weighted by Gasteiger charge is -2.44. The number of likely N-dealkylation sites (N-methyl/N-ethyl adjacent to an activating group) is 1. The quantitative estimate of drug-likeness (QED) is 0.807. The molecule has 2 aliphatic heterocycles. The van der Waals surface area contributed by atoms with Gasteiger partial charge < -0.3 is 15.0 Å². The first-order chi connectivity index (χ1) is 8.99. The van der Waals surface area contributed by atoms with E-state index in [4.69, 9.17) is 4.74 Å². The average molecular weight is 269 g/mol. The second-order valence-corrected chi connectivity index (χ2v) is 6.90. The van der Waals surface area contributed by atoms with Gasteiger partial charge in [-0.05, 0) is 40.2 Å². The topological polar surface area (TPSA) is 27.7 Å².